The Hall–Kier alpha value is -3.94. The number of nitrogens with one attached hydrogen (secondary N) is 1. The minimum atomic E-state index is -2.94. The first-order chi connectivity index (χ1) is 17.5. The van der Waals surface area contributed by atoms with E-state index in [0.29, 0.717) is 49.4 Å². The van der Waals surface area contributed by atoms with E-state index in [-0.39, 0.29) is 30.1 Å². The lowest BCUT2D eigenvalue weighted by molar-refractivity contribution is -0.136. The van der Waals surface area contributed by atoms with Gasteiger partial charge in [0.05, 0.1) is 0 Å². The first-order valence-corrected chi connectivity index (χ1v) is 11.9. The predicted molar refractivity (Wildman–Crippen MR) is 132 cm³/mol. The van der Waals surface area contributed by atoms with Crippen molar-refractivity contribution in [3.63, 3.8) is 0 Å². The average molecular weight is 495 g/mol. The van der Waals surface area contributed by atoms with E-state index >= 15 is 0 Å². The van der Waals surface area contributed by atoms with Crippen LogP contribution in [0, 0.1) is 5.92 Å². The highest BCUT2D eigenvalue weighted by molar-refractivity contribution is 5.93. The largest absolute Gasteiger partial charge is 0.484 e. The molecule has 3 aromatic carbocycles. The van der Waals surface area contributed by atoms with E-state index in [9.17, 15) is 18.4 Å². The summed E-state index contributed by atoms with van der Waals surface area (Å²) in [6.45, 7) is -2.05. The van der Waals surface area contributed by atoms with Gasteiger partial charge in [0.1, 0.15) is 11.5 Å². The molecule has 6 nitrogen and oxygen atoms in total. The lowest BCUT2D eigenvalue weighted by Crippen LogP contribution is -2.43. The molecule has 0 radical (unpaired) electrons. The lowest BCUT2D eigenvalue weighted by atomic mass is 9.95. The molecule has 36 heavy (non-hydrogen) atoms. The van der Waals surface area contributed by atoms with Crippen LogP contribution in [0.25, 0.3) is 0 Å². The highest BCUT2D eigenvalue weighted by atomic mass is 19.3. The first-order valence-electron chi connectivity index (χ1n) is 11.9. The Balaban J connectivity index is 1.32. The van der Waals surface area contributed by atoms with E-state index in [1.165, 1.54) is 6.07 Å². The second kappa shape index (κ2) is 12.2. The highest BCUT2D eigenvalue weighted by Crippen LogP contribution is 2.28. The summed E-state index contributed by atoms with van der Waals surface area (Å²) in [6, 6.07) is 23.3. The van der Waals surface area contributed by atoms with Crippen LogP contribution in [-0.2, 0) is 16.0 Å². The van der Waals surface area contributed by atoms with Crippen molar-refractivity contribution in [3.8, 4) is 11.5 Å². The Kier molecular flexibility index (Phi) is 8.49. The van der Waals surface area contributed by atoms with Gasteiger partial charge < -0.3 is 19.7 Å². The SMILES string of the molecule is O=C(Nc1ccc(OC(F)F)c(Cc2ccccc2)c1)C1CCN(C(=O)COc2ccccc2)CC1. The maximum absolute atomic E-state index is 12.9. The molecule has 188 valence electrons. The predicted octanol–water partition coefficient (Wildman–Crippen LogP) is 5.13. The molecule has 0 bridgehead atoms. The van der Waals surface area contributed by atoms with Crippen LogP contribution in [-0.4, -0.2) is 43.0 Å². The molecule has 1 saturated heterocycles. The molecular weight excluding hydrogens is 466 g/mol. The van der Waals surface area contributed by atoms with Crippen LogP contribution in [0.5, 0.6) is 11.5 Å². The Morgan fingerprint density at radius 2 is 1.61 bits per heavy atom. The number of anilines is 1. The van der Waals surface area contributed by atoms with Crippen LogP contribution < -0.4 is 14.8 Å². The molecule has 3 aromatic rings. The third-order valence-corrected chi connectivity index (χ3v) is 6.11. The van der Waals surface area contributed by atoms with Crippen LogP contribution in [0.1, 0.15) is 24.0 Å². The fraction of sp³-hybridized carbons (Fsp3) is 0.286. The van der Waals surface area contributed by atoms with Crippen molar-refractivity contribution in [2.24, 2.45) is 5.92 Å². The van der Waals surface area contributed by atoms with Gasteiger partial charge in [0.25, 0.3) is 5.91 Å². The number of piperidine rings is 1. The average Bonchev–Trinajstić information content (AvgIpc) is 2.90. The number of hydrogen-bond donors (Lipinski definition) is 1. The number of hydrogen-bond acceptors (Lipinski definition) is 4. The quantitative estimate of drug-likeness (QED) is 0.448. The molecule has 1 aliphatic heterocycles. The van der Waals surface area contributed by atoms with Gasteiger partial charge in [-0.15, -0.1) is 0 Å². The summed E-state index contributed by atoms with van der Waals surface area (Å²) in [5.41, 5.74) is 2.01. The number of likely N-dealkylation sites (tertiary alicyclic amines) is 1. The number of carbonyl (C=O) groups excluding carboxylic acids is 2. The number of para-hydroxylation sites is 1. The molecule has 1 fully saturated rings. The lowest BCUT2D eigenvalue weighted by Gasteiger charge is -2.31. The van der Waals surface area contributed by atoms with Gasteiger partial charge in [-0.05, 0) is 48.7 Å². The first kappa shape index (κ1) is 25.2. The van der Waals surface area contributed by atoms with Gasteiger partial charge in [-0.2, -0.15) is 8.78 Å². The molecule has 0 unspecified atom stereocenters. The highest BCUT2D eigenvalue weighted by Gasteiger charge is 2.27. The zero-order chi connectivity index (χ0) is 25.3. The van der Waals surface area contributed by atoms with Crippen molar-refractivity contribution in [1.82, 2.24) is 4.90 Å². The molecule has 8 heteroatoms. The fourth-order valence-electron chi connectivity index (χ4n) is 4.21. The van der Waals surface area contributed by atoms with Crippen molar-refractivity contribution in [2.45, 2.75) is 25.9 Å². The van der Waals surface area contributed by atoms with Crippen LogP contribution in [0.3, 0.4) is 0 Å². The molecule has 0 saturated carbocycles. The zero-order valence-electron chi connectivity index (χ0n) is 19.7. The van der Waals surface area contributed by atoms with Gasteiger partial charge >= 0.3 is 6.61 Å². The fourth-order valence-corrected chi connectivity index (χ4v) is 4.21. The van der Waals surface area contributed by atoms with Gasteiger partial charge in [-0.3, -0.25) is 9.59 Å². The number of amides is 2. The Bertz CT molecular complexity index is 1150. The van der Waals surface area contributed by atoms with E-state index in [4.69, 9.17) is 4.74 Å². The van der Waals surface area contributed by atoms with Crippen LogP contribution in [0.4, 0.5) is 14.5 Å². The third kappa shape index (κ3) is 7.04. The smallest absolute Gasteiger partial charge is 0.387 e. The molecule has 0 atom stereocenters. The van der Waals surface area contributed by atoms with Crippen LogP contribution in [0.2, 0.25) is 0 Å². The van der Waals surface area contributed by atoms with Crippen molar-refractivity contribution in [1.29, 1.82) is 0 Å². The summed E-state index contributed by atoms with van der Waals surface area (Å²) in [4.78, 5) is 27.1. The Morgan fingerprint density at radius 1 is 0.944 bits per heavy atom. The Morgan fingerprint density at radius 3 is 2.28 bits per heavy atom. The van der Waals surface area contributed by atoms with E-state index in [1.54, 1.807) is 29.2 Å². The maximum atomic E-state index is 12.9. The normalized spacial score (nSPS) is 13.9. The van der Waals surface area contributed by atoms with Crippen molar-refractivity contribution in [2.75, 3.05) is 25.0 Å². The zero-order valence-corrected chi connectivity index (χ0v) is 19.7. The Labute approximate surface area is 208 Å². The molecule has 0 spiro atoms. The van der Waals surface area contributed by atoms with E-state index in [1.807, 2.05) is 48.5 Å². The number of halogens is 2. The van der Waals surface area contributed by atoms with Gasteiger partial charge in [-0.1, -0.05) is 48.5 Å². The van der Waals surface area contributed by atoms with Crippen molar-refractivity contribution >= 4 is 17.5 Å². The standard InChI is InChI=1S/C28H28F2N2O4/c29-28(30)36-25-12-11-23(18-22(25)17-20-7-3-1-4-8-20)31-27(34)21-13-15-32(16-14-21)26(33)19-35-24-9-5-2-6-10-24/h1-12,18,21,28H,13-17,19H2,(H,31,34). The molecule has 2 amide bonds. The van der Waals surface area contributed by atoms with Gasteiger partial charge in [0.2, 0.25) is 5.91 Å². The number of carbonyl (C=O) groups is 2. The number of nitrogens with zero attached hydrogens (tertiary/aromatic N) is 1. The molecule has 4 rings (SSSR count). The summed E-state index contributed by atoms with van der Waals surface area (Å²) < 4.78 is 36.0. The minimum absolute atomic E-state index is 0.0435. The topological polar surface area (TPSA) is 67.9 Å². The van der Waals surface area contributed by atoms with Crippen LogP contribution >= 0.6 is 0 Å². The molecule has 0 aromatic heterocycles. The van der Waals surface area contributed by atoms with Gasteiger partial charge in [0, 0.05) is 36.7 Å². The van der Waals surface area contributed by atoms with E-state index in [2.05, 4.69) is 10.1 Å². The summed E-state index contributed by atoms with van der Waals surface area (Å²) in [5.74, 6) is 0.195. The van der Waals surface area contributed by atoms with Gasteiger partial charge in [-0.25, -0.2) is 0 Å². The van der Waals surface area contributed by atoms with E-state index < -0.39 is 6.61 Å². The second-order valence-electron chi connectivity index (χ2n) is 8.61. The molecule has 1 heterocycles. The number of alkyl halides is 2. The van der Waals surface area contributed by atoms with Crippen molar-refractivity contribution < 1.29 is 27.8 Å². The second-order valence-corrected chi connectivity index (χ2v) is 8.61. The summed E-state index contributed by atoms with van der Waals surface area (Å²) in [7, 11) is 0. The van der Waals surface area contributed by atoms with Crippen molar-refractivity contribution in [3.05, 3.63) is 90.0 Å². The molecule has 1 aliphatic rings. The molecular formula is C28H28F2N2O4. The summed E-state index contributed by atoms with van der Waals surface area (Å²) in [6.07, 6.45) is 1.46. The summed E-state index contributed by atoms with van der Waals surface area (Å²) in [5, 5.41) is 2.90. The third-order valence-electron chi connectivity index (χ3n) is 6.11. The van der Waals surface area contributed by atoms with E-state index in [0.717, 1.165) is 5.56 Å². The molecule has 0 aliphatic carbocycles. The number of benzene rings is 3. The monoisotopic (exact) mass is 494 g/mol. The maximum Gasteiger partial charge on any atom is 0.387 e. The molecule has 1 N–H and O–H groups in total. The minimum Gasteiger partial charge on any atom is -0.484 e. The number of ether oxygens (including phenoxy) is 2. The number of rotatable bonds is 9. The van der Waals surface area contributed by atoms with Crippen LogP contribution in [0.15, 0.2) is 78.9 Å². The van der Waals surface area contributed by atoms with Gasteiger partial charge in [0.15, 0.2) is 6.61 Å². The summed E-state index contributed by atoms with van der Waals surface area (Å²) >= 11 is 0.